The second kappa shape index (κ2) is 4.76. The van der Waals surface area contributed by atoms with Crippen molar-refractivity contribution < 1.29 is 0 Å². The highest BCUT2D eigenvalue weighted by molar-refractivity contribution is 9.10. The summed E-state index contributed by atoms with van der Waals surface area (Å²) in [4.78, 5) is 2.50. The van der Waals surface area contributed by atoms with Gasteiger partial charge in [0.05, 0.1) is 6.04 Å². The van der Waals surface area contributed by atoms with Crippen LogP contribution in [0.3, 0.4) is 0 Å². The van der Waals surface area contributed by atoms with Gasteiger partial charge in [-0.15, -0.1) is 22.7 Å². The Balaban J connectivity index is 2.41. The molecule has 0 fully saturated rings. The van der Waals surface area contributed by atoms with Crippen LogP contribution in [-0.4, -0.2) is 0 Å². The van der Waals surface area contributed by atoms with Crippen molar-refractivity contribution >= 4 is 38.6 Å². The number of hydrogen-bond donors (Lipinski definition) is 2. The van der Waals surface area contributed by atoms with E-state index in [1.807, 2.05) is 6.07 Å². The monoisotopic (exact) mass is 302 g/mol. The van der Waals surface area contributed by atoms with Crippen molar-refractivity contribution in [1.82, 2.24) is 5.43 Å². The van der Waals surface area contributed by atoms with E-state index in [0.717, 1.165) is 4.47 Å². The summed E-state index contributed by atoms with van der Waals surface area (Å²) in [5, 5.41) is 4.16. The van der Waals surface area contributed by atoms with Crippen molar-refractivity contribution in [2.45, 2.75) is 13.0 Å². The first-order valence-corrected chi connectivity index (χ1v) is 7.02. The lowest BCUT2D eigenvalue weighted by Gasteiger charge is -2.14. The summed E-state index contributed by atoms with van der Waals surface area (Å²) in [7, 11) is 0. The first-order chi connectivity index (χ1) is 7.24. The first kappa shape index (κ1) is 11.3. The number of nitrogens with two attached hydrogens (primary N) is 1. The summed E-state index contributed by atoms with van der Waals surface area (Å²) in [6.07, 6.45) is 0. The van der Waals surface area contributed by atoms with E-state index in [9.17, 15) is 0 Å². The topological polar surface area (TPSA) is 38.0 Å². The van der Waals surface area contributed by atoms with Crippen molar-refractivity contribution in [1.29, 1.82) is 0 Å². The van der Waals surface area contributed by atoms with E-state index in [4.69, 9.17) is 5.84 Å². The second-order valence-electron chi connectivity index (χ2n) is 3.20. The zero-order valence-electron chi connectivity index (χ0n) is 8.16. The van der Waals surface area contributed by atoms with Gasteiger partial charge in [0.15, 0.2) is 0 Å². The minimum Gasteiger partial charge on any atom is -0.271 e. The van der Waals surface area contributed by atoms with Crippen molar-refractivity contribution in [3.05, 3.63) is 42.7 Å². The van der Waals surface area contributed by atoms with Gasteiger partial charge in [0.2, 0.25) is 0 Å². The smallest absolute Gasteiger partial charge is 0.0908 e. The lowest BCUT2D eigenvalue weighted by atomic mass is 10.1. The van der Waals surface area contributed by atoms with Crippen molar-refractivity contribution in [2.24, 2.45) is 5.84 Å². The molecule has 3 N–H and O–H groups in total. The van der Waals surface area contributed by atoms with Crippen LogP contribution in [0.15, 0.2) is 27.4 Å². The first-order valence-electron chi connectivity index (χ1n) is 4.47. The zero-order valence-corrected chi connectivity index (χ0v) is 11.4. The van der Waals surface area contributed by atoms with Gasteiger partial charge in [-0.3, -0.25) is 5.84 Å². The van der Waals surface area contributed by atoms with Crippen LogP contribution >= 0.6 is 38.6 Å². The standard InChI is InChI=1S/C10H11BrN2S2/c1-6-2-4-14-9(6)8(13-12)10-7(11)3-5-15-10/h2-5,8,13H,12H2,1H3. The quantitative estimate of drug-likeness (QED) is 0.673. The van der Waals surface area contributed by atoms with Crippen LogP contribution in [0.1, 0.15) is 21.4 Å². The average molecular weight is 303 g/mol. The normalized spacial score (nSPS) is 13.0. The van der Waals surface area contributed by atoms with E-state index in [0.29, 0.717) is 0 Å². The molecule has 0 aliphatic carbocycles. The number of halogens is 1. The summed E-state index contributed by atoms with van der Waals surface area (Å²) in [5.41, 5.74) is 4.16. The molecule has 0 spiro atoms. The fourth-order valence-corrected chi connectivity index (χ4v) is 4.20. The third-order valence-electron chi connectivity index (χ3n) is 2.24. The van der Waals surface area contributed by atoms with E-state index >= 15 is 0 Å². The SMILES string of the molecule is Cc1ccsc1C(NN)c1sccc1Br. The third-order valence-corrected chi connectivity index (χ3v) is 5.26. The van der Waals surface area contributed by atoms with Gasteiger partial charge in [0.1, 0.15) is 0 Å². The van der Waals surface area contributed by atoms with Crippen LogP contribution in [-0.2, 0) is 0 Å². The second-order valence-corrected chi connectivity index (χ2v) is 5.95. The number of rotatable bonds is 3. The molecule has 2 aromatic rings. The van der Waals surface area contributed by atoms with Crippen LogP contribution in [0.5, 0.6) is 0 Å². The maximum Gasteiger partial charge on any atom is 0.0908 e. The number of hydrogen-bond acceptors (Lipinski definition) is 4. The Morgan fingerprint density at radius 1 is 1.27 bits per heavy atom. The lowest BCUT2D eigenvalue weighted by molar-refractivity contribution is 0.652. The molecule has 0 aliphatic heterocycles. The lowest BCUT2D eigenvalue weighted by Crippen LogP contribution is -2.28. The summed E-state index contributed by atoms with van der Waals surface area (Å²) in [6.45, 7) is 2.11. The number of thiophene rings is 2. The molecule has 2 rings (SSSR count). The van der Waals surface area contributed by atoms with E-state index in [2.05, 4.69) is 45.1 Å². The Hall–Kier alpha value is -0.200. The highest BCUT2D eigenvalue weighted by Crippen LogP contribution is 2.36. The number of hydrazine groups is 1. The van der Waals surface area contributed by atoms with Gasteiger partial charge in [-0.1, -0.05) is 0 Å². The van der Waals surface area contributed by atoms with Gasteiger partial charge >= 0.3 is 0 Å². The largest absolute Gasteiger partial charge is 0.271 e. The molecule has 0 aliphatic rings. The van der Waals surface area contributed by atoms with Crippen LogP contribution in [0.4, 0.5) is 0 Å². The Morgan fingerprint density at radius 3 is 2.40 bits per heavy atom. The van der Waals surface area contributed by atoms with Gasteiger partial charge in [0, 0.05) is 14.2 Å². The Morgan fingerprint density at radius 2 is 1.93 bits per heavy atom. The summed E-state index contributed by atoms with van der Waals surface area (Å²) in [5.74, 6) is 5.64. The highest BCUT2D eigenvalue weighted by Gasteiger charge is 2.19. The molecule has 0 radical (unpaired) electrons. The predicted octanol–water partition coefficient (Wildman–Crippen LogP) is 3.43. The minimum atomic E-state index is 0.0966. The third kappa shape index (κ3) is 2.16. The molecule has 80 valence electrons. The summed E-state index contributed by atoms with van der Waals surface area (Å²) in [6, 6.07) is 4.26. The van der Waals surface area contributed by atoms with Crippen LogP contribution < -0.4 is 11.3 Å². The minimum absolute atomic E-state index is 0.0966. The maximum atomic E-state index is 5.64. The average Bonchev–Trinajstić information content (AvgIpc) is 2.80. The molecular formula is C10H11BrN2S2. The van der Waals surface area contributed by atoms with Gasteiger partial charge in [-0.05, 0) is 51.3 Å². The van der Waals surface area contributed by atoms with Gasteiger partial charge in [-0.25, -0.2) is 5.43 Å². The fourth-order valence-electron chi connectivity index (χ4n) is 1.46. The van der Waals surface area contributed by atoms with Crippen molar-refractivity contribution in [2.75, 3.05) is 0 Å². The number of aryl methyl sites for hydroxylation is 1. The molecule has 0 amide bonds. The van der Waals surface area contributed by atoms with Gasteiger partial charge < -0.3 is 0 Å². The van der Waals surface area contributed by atoms with E-state index < -0.39 is 0 Å². The van der Waals surface area contributed by atoms with E-state index in [1.165, 1.54) is 15.3 Å². The molecule has 0 aromatic carbocycles. The van der Waals surface area contributed by atoms with Crippen LogP contribution in [0.2, 0.25) is 0 Å². The summed E-state index contributed by atoms with van der Waals surface area (Å²) >= 11 is 6.98. The molecule has 0 saturated heterocycles. The zero-order chi connectivity index (χ0) is 10.8. The van der Waals surface area contributed by atoms with Gasteiger partial charge in [-0.2, -0.15) is 0 Å². The summed E-state index contributed by atoms with van der Waals surface area (Å²) < 4.78 is 1.11. The molecule has 1 atom stereocenters. The molecular weight excluding hydrogens is 292 g/mol. The molecule has 2 heterocycles. The van der Waals surface area contributed by atoms with Gasteiger partial charge in [0.25, 0.3) is 0 Å². The predicted molar refractivity (Wildman–Crippen MR) is 70.2 cm³/mol. The van der Waals surface area contributed by atoms with E-state index in [-0.39, 0.29) is 6.04 Å². The van der Waals surface area contributed by atoms with Crippen molar-refractivity contribution in [3.63, 3.8) is 0 Å². The molecule has 1 unspecified atom stereocenters. The molecule has 15 heavy (non-hydrogen) atoms. The molecule has 5 heteroatoms. The maximum absolute atomic E-state index is 5.64. The van der Waals surface area contributed by atoms with Crippen LogP contribution in [0, 0.1) is 6.92 Å². The Kier molecular flexibility index (Phi) is 3.58. The molecule has 0 bridgehead atoms. The number of nitrogens with one attached hydrogen (secondary N) is 1. The van der Waals surface area contributed by atoms with E-state index in [1.54, 1.807) is 22.7 Å². The molecule has 2 aromatic heterocycles. The highest BCUT2D eigenvalue weighted by atomic mass is 79.9. The Labute approximate surface area is 105 Å². The molecule has 2 nitrogen and oxygen atoms in total. The fraction of sp³-hybridized carbons (Fsp3) is 0.200. The van der Waals surface area contributed by atoms with Crippen LogP contribution in [0.25, 0.3) is 0 Å². The molecule has 0 saturated carbocycles. The Bertz CT molecular complexity index is 409. The van der Waals surface area contributed by atoms with Crippen molar-refractivity contribution in [3.8, 4) is 0 Å².